The number of para-hydroxylation sites is 1. The molecule has 1 aliphatic carbocycles. The van der Waals surface area contributed by atoms with Crippen molar-refractivity contribution in [3.05, 3.63) is 67.5 Å². The maximum atomic E-state index is 12.8. The van der Waals surface area contributed by atoms with E-state index in [1.807, 2.05) is 18.2 Å². The molecule has 7 nitrogen and oxygen atoms in total. The Hall–Kier alpha value is -3.09. The number of fused-ring (bicyclic) bond motifs is 1. The molecule has 7 heteroatoms. The summed E-state index contributed by atoms with van der Waals surface area (Å²) in [5, 5.41) is 3.18. The van der Waals surface area contributed by atoms with Crippen molar-refractivity contribution in [2.45, 2.75) is 25.2 Å². The molecular weight excluding hydrogens is 334 g/mol. The van der Waals surface area contributed by atoms with Gasteiger partial charge in [0.05, 0.1) is 18.6 Å². The fourth-order valence-electron chi connectivity index (χ4n) is 3.89. The topological polar surface area (TPSA) is 93.2 Å². The number of rotatable bonds is 2. The van der Waals surface area contributed by atoms with Gasteiger partial charge in [-0.25, -0.2) is 4.79 Å². The number of carbonyl (C=O) groups is 1. The van der Waals surface area contributed by atoms with Gasteiger partial charge >= 0.3 is 5.69 Å². The van der Waals surface area contributed by atoms with Crippen molar-refractivity contribution in [2.24, 2.45) is 7.05 Å². The average molecular weight is 353 g/mol. The summed E-state index contributed by atoms with van der Waals surface area (Å²) in [6, 6.07) is 7.35. The van der Waals surface area contributed by atoms with Crippen LogP contribution in [0, 0.1) is 0 Å². The van der Waals surface area contributed by atoms with E-state index >= 15 is 0 Å². The fraction of sp³-hybridized carbons (Fsp3) is 0.316. The van der Waals surface area contributed by atoms with Crippen molar-refractivity contribution in [2.75, 3.05) is 12.4 Å². The highest BCUT2D eigenvalue weighted by Gasteiger charge is 2.39. The zero-order chi connectivity index (χ0) is 18.4. The number of H-pyrrole nitrogens is 1. The van der Waals surface area contributed by atoms with Gasteiger partial charge in [0, 0.05) is 30.3 Å². The third-order valence-corrected chi connectivity index (χ3v) is 5.11. The minimum Gasteiger partial charge on any atom is -0.496 e. The molecule has 2 aromatic rings. The number of aromatic amines is 1. The zero-order valence-corrected chi connectivity index (χ0v) is 14.6. The Balaban J connectivity index is 2.09. The summed E-state index contributed by atoms with van der Waals surface area (Å²) in [5.41, 5.74) is 1.50. The Morgan fingerprint density at radius 3 is 2.69 bits per heavy atom. The third kappa shape index (κ3) is 2.31. The molecule has 0 bridgehead atoms. The molecule has 1 atom stereocenters. The first-order valence-corrected chi connectivity index (χ1v) is 8.52. The molecular formula is C19H19N3O4. The minimum atomic E-state index is -0.569. The molecule has 0 saturated heterocycles. The van der Waals surface area contributed by atoms with E-state index in [1.54, 1.807) is 20.2 Å². The van der Waals surface area contributed by atoms with Crippen LogP contribution >= 0.6 is 0 Å². The number of aromatic nitrogens is 2. The van der Waals surface area contributed by atoms with E-state index in [4.69, 9.17) is 4.74 Å². The van der Waals surface area contributed by atoms with Crippen molar-refractivity contribution < 1.29 is 9.53 Å². The summed E-state index contributed by atoms with van der Waals surface area (Å²) in [7, 11) is 3.16. The van der Waals surface area contributed by atoms with Crippen molar-refractivity contribution >= 4 is 11.6 Å². The molecule has 2 N–H and O–H groups in total. The molecule has 1 aromatic heterocycles. The molecule has 1 aliphatic heterocycles. The monoisotopic (exact) mass is 353 g/mol. The van der Waals surface area contributed by atoms with E-state index in [9.17, 15) is 14.4 Å². The smallest absolute Gasteiger partial charge is 0.329 e. The number of nitrogens with one attached hydrogen (secondary N) is 2. The Kier molecular flexibility index (Phi) is 3.79. The van der Waals surface area contributed by atoms with Gasteiger partial charge in [-0.15, -0.1) is 0 Å². The molecule has 134 valence electrons. The zero-order valence-electron chi connectivity index (χ0n) is 14.6. The van der Waals surface area contributed by atoms with Gasteiger partial charge < -0.3 is 10.1 Å². The molecule has 0 fully saturated rings. The van der Waals surface area contributed by atoms with Crippen LogP contribution in [0.4, 0.5) is 5.82 Å². The lowest BCUT2D eigenvalue weighted by atomic mass is 9.76. The van der Waals surface area contributed by atoms with Crippen LogP contribution < -0.4 is 21.3 Å². The maximum absolute atomic E-state index is 12.8. The third-order valence-electron chi connectivity index (χ3n) is 5.11. The van der Waals surface area contributed by atoms with E-state index in [0.29, 0.717) is 35.5 Å². The molecule has 0 saturated carbocycles. The van der Waals surface area contributed by atoms with Crippen LogP contribution in [-0.2, 0) is 11.8 Å². The number of carbonyl (C=O) groups excluding carboxylic acids is 1. The highest BCUT2D eigenvalue weighted by molar-refractivity contribution is 6.01. The Bertz CT molecular complexity index is 1060. The fourth-order valence-corrected chi connectivity index (χ4v) is 3.89. The summed E-state index contributed by atoms with van der Waals surface area (Å²) in [6.07, 6.45) is 1.90. The molecule has 0 spiro atoms. The highest BCUT2D eigenvalue weighted by Crippen LogP contribution is 2.45. The van der Waals surface area contributed by atoms with Crippen LogP contribution in [0.5, 0.6) is 5.75 Å². The normalized spacial score (nSPS) is 18.8. The molecule has 2 aliphatic rings. The number of Topliss-reactive ketones (excluding diaryl/α,β-unsaturated/α-hetero) is 1. The summed E-state index contributed by atoms with van der Waals surface area (Å²) < 4.78 is 6.86. The number of benzene rings is 1. The second kappa shape index (κ2) is 6.01. The van der Waals surface area contributed by atoms with E-state index in [-0.39, 0.29) is 5.78 Å². The molecule has 1 unspecified atom stereocenters. The van der Waals surface area contributed by atoms with Crippen LogP contribution in [0.25, 0.3) is 0 Å². The Morgan fingerprint density at radius 2 is 1.92 bits per heavy atom. The first-order chi connectivity index (χ1) is 12.5. The molecule has 26 heavy (non-hydrogen) atoms. The number of anilines is 1. The maximum Gasteiger partial charge on any atom is 0.329 e. The van der Waals surface area contributed by atoms with E-state index < -0.39 is 17.2 Å². The second-order valence-corrected chi connectivity index (χ2v) is 6.55. The van der Waals surface area contributed by atoms with E-state index in [0.717, 1.165) is 17.7 Å². The quantitative estimate of drug-likeness (QED) is 0.856. The summed E-state index contributed by atoms with van der Waals surface area (Å²) in [6.45, 7) is 0. The molecule has 0 amide bonds. The standard InChI is InChI=1S/C19H19N3O4/c1-22-17-16(18(24)21-19(22)25)14(10-6-3-4-9-13(10)26-2)15-11(20-17)7-5-8-12(15)23/h3-4,6,9,14,20H,5,7-8H2,1-2H3,(H,21,24,25). The van der Waals surface area contributed by atoms with Crippen LogP contribution in [0.2, 0.25) is 0 Å². The van der Waals surface area contributed by atoms with Crippen LogP contribution in [0.3, 0.4) is 0 Å². The van der Waals surface area contributed by atoms with Gasteiger partial charge in [-0.1, -0.05) is 18.2 Å². The average Bonchev–Trinajstić information content (AvgIpc) is 2.65. The molecule has 0 radical (unpaired) electrons. The van der Waals surface area contributed by atoms with Crippen molar-refractivity contribution in [1.82, 2.24) is 9.55 Å². The summed E-state index contributed by atoms with van der Waals surface area (Å²) in [4.78, 5) is 39.9. The van der Waals surface area contributed by atoms with Gasteiger partial charge in [-0.05, 0) is 18.9 Å². The van der Waals surface area contributed by atoms with Gasteiger partial charge in [0.2, 0.25) is 0 Å². The number of hydrogen-bond donors (Lipinski definition) is 2. The van der Waals surface area contributed by atoms with Gasteiger partial charge in [-0.2, -0.15) is 0 Å². The lowest BCUT2D eigenvalue weighted by Crippen LogP contribution is -2.39. The number of methoxy groups -OCH3 is 1. The van der Waals surface area contributed by atoms with Crippen LogP contribution in [0.15, 0.2) is 45.1 Å². The molecule has 2 heterocycles. The minimum absolute atomic E-state index is 0.0218. The SMILES string of the molecule is COc1ccccc1C1C2=C(CCCC2=O)Nc2c1c(=O)[nH]c(=O)n2C. The van der Waals surface area contributed by atoms with Gasteiger partial charge in [0.1, 0.15) is 11.6 Å². The lowest BCUT2D eigenvalue weighted by molar-refractivity contribution is -0.116. The predicted octanol–water partition coefficient (Wildman–Crippen LogP) is 1.65. The largest absolute Gasteiger partial charge is 0.496 e. The van der Waals surface area contributed by atoms with Crippen LogP contribution in [0.1, 0.15) is 36.3 Å². The number of ether oxygens (including phenoxy) is 1. The van der Waals surface area contributed by atoms with Gasteiger partial charge in [0.25, 0.3) is 5.56 Å². The van der Waals surface area contributed by atoms with Crippen molar-refractivity contribution in [3.8, 4) is 5.75 Å². The number of nitrogens with zero attached hydrogens (tertiary/aromatic N) is 1. The molecule has 1 aromatic carbocycles. The van der Waals surface area contributed by atoms with Crippen LogP contribution in [-0.4, -0.2) is 22.4 Å². The Morgan fingerprint density at radius 1 is 1.15 bits per heavy atom. The summed E-state index contributed by atoms with van der Waals surface area (Å²) >= 11 is 0. The van der Waals surface area contributed by atoms with Crippen molar-refractivity contribution in [3.63, 3.8) is 0 Å². The Labute approximate surface area is 149 Å². The number of ketones is 1. The van der Waals surface area contributed by atoms with Crippen molar-refractivity contribution in [1.29, 1.82) is 0 Å². The lowest BCUT2D eigenvalue weighted by Gasteiger charge is -2.34. The first kappa shape index (κ1) is 16.4. The number of hydrogen-bond acceptors (Lipinski definition) is 5. The molecule has 4 rings (SSSR count). The van der Waals surface area contributed by atoms with Gasteiger partial charge in [-0.3, -0.25) is 19.1 Å². The highest BCUT2D eigenvalue weighted by atomic mass is 16.5. The van der Waals surface area contributed by atoms with E-state index in [2.05, 4.69) is 10.3 Å². The number of allylic oxidation sites excluding steroid dienone is 2. The second-order valence-electron chi connectivity index (χ2n) is 6.55. The van der Waals surface area contributed by atoms with Gasteiger partial charge in [0.15, 0.2) is 5.78 Å². The first-order valence-electron chi connectivity index (χ1n) is 8.52. The summed E-state index contributed by atoms with van der Waals surface area (Å²) in [5.74, 6) is 0.487. The van der Waals surface area contributed by atoms with E-state index in [1.165, 1.54) is 4.57 Å². The predicted molar refractivity (Wildman–Crippen MR) is 96.6 cm³/mol.